The van der Waals surface area contributed by atoms with Crippen molar-refractivity contribution in [3.05, 3.63) is 46.1 Å². The number of ether oxygens (including phenoxy) is 2. The Hall–Kier alpha value is -2.41. The first-order chi connectivity index (χ1) is 13.9. The Balaban J connectivity index is 1.79. The van der Waals surface area contributed by atoms with Gasteiger partial charge in [0, 0.05) is 4.88 Å². The first kappa shape index (κ1) is 21.3. The van der Waals surface area contributed by atoms with Gasteiger partial charge in [-0.2, -0.15) is 0 Å². The van der Waals surface area contributed by atoms with Gasteiger partial charge in [-0.25, -0.2) is 9.18 Å². The summed E-state index contributed by atoms with van der Waals surface area (Å²) in [7, 11) is 0. The van der Waals surface area contributed by atoms with E-state index in [1.54, 1.807) is 13.8 Å². The van der Waals surface area contributed by atoms with E-state index in [1.165, 1.54) is 35.6 Å². The Morgan fingerprint density at radius 3 is 2.66 bits per heavy atom. The molecule has 1 heterocycles. The lowest BCUT2D eigenvalue weighted by Crippen LogP contribution is -2.30. The molecule has 0 radical (unpaired) electrons. The van der Waals surface area contributed by atoms with Gasteiger partial charge in [-0.1, -0.05) is 13.3 Å². The number of benzene rings is 1. The van der Waals surface area contributed by atoms with Crippen LogP contribution in [0.25, 0.3) is 0 Å². The van der Waals surface area contributed by atoms with Crippen LogP contribution < -0.4 is 10.1 Å². The number of amides is 1. The van der Waals surface area contributed by atoms with Crippen LogP contribution in [0.2, 0.25) is 0 Å². The SMILES string of the molecule is CCOC(=O)c1c(NC(=O)[C@H](C)Oc2ccc(F)cc2)sc2c1CC[C@@H](CC)C2. The Bertz CT molecular complexity index is 878. The van der Waals surface area contributed by atoms with Crippen LogP contribution in [0.15, 0.2) is 24.3 Å². The van der Waals surface area contributed by atoms with Crippen LogP contribution in [-0.2, 0) is 22.4 Å². The predicted octanol–water partition coefficient (Wildman–Crippen LogP) is 4.98. The summed E-state index contributed by atoms with van der Waals surface area (Å²) in [5, 5.41) is 3.37. The minimum atomic E-state index is -0.807. The third-order valence-corrected chi connectivity index (χ3v) is 6.33. The van der Waals surface area contributed by atoms with E-state index in [2.05, 4.69) is 12.2 Å². The molecule has 29 heavy (non-hydrogen) atoms. The molecule has 156 valence electrons. The molecule has 1 aromatic heterocycles. The summed E-state index contributed by atoms with van der Waals surface area (Å²) in [4.78, 5) is 26.4. The van der Waals surface area contributed by atoms with Crippen molar-refractivity contribution in [2.45, 2.75) is 52.6 Å². The molecule has 0 fully saturated rings. The van der Waals surface area contributed by atoms with E-state index >= 15 is 0 Å². The summed E-state index contributed by atoms with van der Waals surface area (Å²) >= 11 is 1.45. The van der Waals surface area contributed by atoms with Crippen LogP contribution in [0.5, 0.6) is 5.75 Å². The lowest BCUT2D eigenvalue weighted by molar-refractivity contribution is -0.122. The molecule has 7 heteroatoms. The van der Waals surface area contributed by atoms with Gasteiger partial charge < -0.3 is 14.8 Å². The van der Waals surface area contributed by atoms with E-state index in [1.807, 2.05) is 0 Å². The fourth-order valence-electron chi connectivity index (χ4n) is 3.49. The third-order valence-electron chi connectivity index (χ3n) is 5.16. The number of carbonyl (C=O) groups is 2. The van der Waals surface area contributed by atoms with Gasteiger partial charge in [-0.3, -0.25) is 4.79 Å². The number of anilines is 1. The Morgan fingerprint density at radius 1 is 1.28 bits per heavy atom. The molecule has 0 saturated carbocycles. The van der Waals surface area contributed by atoms with Crippen molar-refractivity contribution in [1.29, 1.82) is 0 Å². The molecule has 2 aromatic rings. The highest BCUT2D eigenvalue weighted by molar-refractivity contribution is 7.17. The predicted molar refractivity (Wildman–Crippen MR) is 111 cm³/mol. The van der Waals surface area contributed by atoms with Gasteiger partial charge in [0.05, 0.1) is 12.2 Å². The summed E-state index contributed by atoms with van der Waals surface area (Å²) in [5.41, 5.74) is 1.48. The lowest BCUT2D eigenvalue weighted by Gasteiger charge is -2.21. The maximum Gasteiger partial charge on any atom is 0.341 e. The fraction of sp³-hybridized carbons (Fsp3) is 0.455. The Labute approximate surface area is 174 Å². The van der Waals surface area contributed by atoms with E-state index in [-0.39, 0.29) is 18.3 Å². The summed E-state index contributed by atoms with van der Waals surface area (Å²) < 4.78 is 23.9. The molecular weight excluding hydrogens is 393 g/mol. The second-order valence-corrected chi connectivity index (χ2v) is 8.25. The molecule has 0 saturated heterocycles. The Morgan fingerprint density at radius 2 is 2.00 bits per heavy atom. The van der Waals surface area contributed by atoms with Gasteiger partial charge in [0.25, 0.3) is 5.91 Å². The number of fused-ring (bicyclic) bond motifs is 1. The van der Waals surface area contributed by atoms with E-state index in [0.717, 1.165) is 36.1 Å². The van der Waals surface area contributed by atoms with Crippen molar-refractivity contribution < 1.29 is 23.5 Å². The molecular formula is C22H26FNO4S. The summed E-state index contributed by atoms with van der Waals surface area (Å²) in [6, 6.07) is 5.49. The highest BCUT2D eigenvalue weighted by Crippen LogP contribution is 2.41. The summed E-state index contributed by atoms with van der Waals surface area (Å²) in [6.45, 7) is 5.83. The molecule has 0 unspecified atom stereocenters. The normalized spacial score (nSPS) is 16.6. The molecule has 1 aromatic carbocycles. The van der Waals surface area contributed by atoms with E-state index in [0.29, 0.717) is 22.2 Å². The highest BCUT2D eigenvalue weighted by Gasteiger charge is 2.30. The standard InChI is InChI=1S/C22H26FNO4S/c1-4-14-6-11-17-18(12-14)29-21(19(17)22(26)27-5-2)24-20(25)13(3)28-16-9-7-15(23)8-10-16/h7-10,13-14H,4-6,11-12H2,1-3H3,(H,24,25)/t13-,14+/m0/s1. The number of nitrogens with one attached hydrogen (secondary N) is 1. The molecule has 0 bridgehead atoms. The van der Waals surface area contributed by atoms with Crippen LogP contribution in [0.1, 0.15) is 54.4 Å². The van der Waals surface area contributed by atoms with Gasteiger partial charge in [-0.05, 0) is 68.9 Å². The first-order valence-electron chi connectivity index (χ1n) is 9.97. The average molecular weight is 420 g/mol. The van der Waals surface area contributed by atoms with Crippen LogP contribution in [-0.4, -0.2) is 24.6 Å². The molecule has 1 N–H and O–H groups in total. The summed E-state index contributed by atoms with van der Waals surface area (Å²) in [6.07, 6.45) is 3.05. The molecule has 2 atom stereocenters. The van der Waals surface area contributed by atoms with Crippen molar-refractivity contribution in [2.75, 3.05) is 11.9 Å². The average Bonchev–Trinajstić information content (AvgIpc) is 3.06. The lowest BCUT2D eigenvalue weighted by atomic mass is 9.85. The molecule has 0 spiro atoms. The van der Waals surface area contributed by atoms with Crippen molar-refractivity contribution >= 4 is 28.2 Å². The van der Waals surface area contributed by atoms with Gasteiger partial charge in [0.1, 0.15) is 16.6 Å². The first-order valence-corrected chi connectivity index (χ1v) is 10.8. The summed E-state index contributed by atoms with van der Waals surface area (Å²) in [5.74, 6) is -0.146. The van der Waals surface area contributed by atoms with E-state index in [9.17, 15) is 14.0 Å². The number of hydrogen-bond donors (Lipinski definition) is 1. The van der Waals surface area contributed by atoms with Crippen molar-refractivity contribution in [3.63, 3.8) is 0 Å². The van der Waals surface area contributed by atoms with Crippen molar-refractivity contribution in [1.82, 2.24) is 0 Å². The smallest absolute Gasteiger partial charge is 0.341 e. The van der Waals surface area contributed by atoms with E-state index in [4.69, 9.17) is 9.47 Å². The molecule has 0 aliphatic heterocycles. The maximum absolute atomic E-state index is 13.0. The largest absolute Gasteiger partial charge is 0.481 e. The third kappa shape index (κ3) is 4.96. The van der Waals surface area contributed by atoms with Crippen LogP contribution in [0, 0.1) is 11.7 Å². The number of rotatable bonds is 7. The molecule has 1 amide bonds. The molecule has 1 aliphatic carbocycles. The zero-order valence-electron chi connectivity index (χ0n) is 16.9. The second-order valence-electron chi connectivity index (χ2n) is 7.15. The van der Waals surface area contributed by atoms with Gasteiger partial charge in [0.2, 0.25) is 0 Å². The van der Waals surface area contributed by atoms with Crippen molar-refractivity contribution in [2.24, 2.45) is 5.92 Å². The zero-order chi connectivity index (χ0) is 21.0. The second kappa shape index (κ2) is 9.39. The Kier molecular flexibility index (Phi) is 6.90. The quantitative estimate of drug-likeness (QED) is 0.643. The number of esters is 1. The van der Waals surface area contributed by atoms with Gasteiger partial charge in [0.15, 0.2) is 6.10 Å². The molecule has 5 nitrogen and oxygen atoms in total. The highest BCUT2D eigenvalue weighted by atomic mass is 32.1. The number of thiophene rings is 1. The monoisotopic (exact) mass is 419 g/mol. The van der Waals surface area contributed by atoms with Crippen LogP contribution >= 0.6 is 11.3 Å². The fourth-order valence-corrected chi connectivity index (χ4v) is 4.85. The zero-order valence-corrected chi connectivity index (χ0v) is 17.7. The van der Waals surface area contributed by atoms with Gasteiger partial charge in [-0.15, -0.1) is 11.3 Å². The van der Waals surface area contributed by atoms with E-state index < -0.39 is 12.1 Å². The minimum absolute atomic E-state index is 0.276. The molecule has 1 aliphatic rings. The number of hydrogen-bond acceptors (Lipinski definition) is 5. The minimum Gasteiger partial charge on any atom is -0.481 e. The van der Waals surface area contributed by atoms with Crippen molar-refractivity contribution in [3.8, 4) is 5.75 Å². The topological polar surface area (TPSA) is 64.6 Å². The number of halogens is 1. The van der Waals surface area contributed by atoms with Crippen LogP contribution in [0.3, 0.4) is 0 Å². The van der Waals surface area contributed by atoms with Gasteiger partial charge >= 0.3 is 5.97 Å². The van der Waals surface area contributed by atoms with Crippen LogP contribution in [0.4, 0.5) is 9.39 Å². The molecule has 3 rings (SSSR count). The number of carbonyl (C=O) groups excluding carboxylic acids is 2. The maximum atomic E-state index is 13.0.